The van der Waals surface area contributed by atoms with E-state index in [1.807, 2.05) is 36.4 Å². The molecule has 0 unspecified atom stereocenters. The van der Waals surface area contributed by atoms with Crippen LogP contribution >= 0.6 is 11.6 Å². The molecule has 0 spiro atoms. The molecule has 12 heavy (non-hydrogen) atoms. The molecule has 56 valence electrons. The van der Waals surface area contributed by atoms with Gasteiger partial charge in [-0.3, -0.25) is 0 Å². The average molecular weight is 172 g/mol. The smallest absolute Gasteiger partial charge is 0.0889 e. The van der Waals surface area contributed by atoms with Crippen LogP contribution in [0.4, 0.5) is 0 Å². The van der Waals surface area contributed by atoms with Crippen molar-refractivity contribution in [1.82, 2.24) is 0 Å². The van der Waals surface area contributed by atoms with E-state index in [4.69, 9.17) is 19.4 Å². The fourth-order valence-corrected chi connectivity index (χ4v) is 1.51. The minimum Gasteiger partial charge on any atom is -0.0889 e. The van der Waals surface area contributed by atoms with Crippen LogP contribution in [0.25, 0.3) is 10.8 Å². The first-order chi connectivity index (χ1) is 5.79. The maximum Gasteiger partial charge on any atom is 0.114 e. The fourth-order valence-electron chi connectivity index (χ4n) is 1.29. The summed E-state index contributed by atoms with van der Waals surface area (Å²) in [5.74, 6) is 0. The van der Waals surface area contributed by atoms with E-state index in [-0.39, 0.29) is 0 Å². The highest BCUT2D eigenvalue weighted by Crippen LogP contribution is 2.20. The molecule has 0 atom stereocenters. The molecular weight excluding hydrogens is 166 g/mol. The molecule has 0 bridgehead atoms. The Morgan fingerprint density at radius 2 is 1.58 bits per heavy atom. The van der Waals surface area contributed by atoms with Crippen molar-refractivity contribution < 1.29 is 0 Å². The second-order valence-electron chi connectivity index (χ2n) is 2.68. The summed E-state index contributed by atoms with van der Waals surface area (Å²) in [6.07, 6.45) is 0. The predicted octanol–water partition coefficient (Wildman–Crippen LogP) is 2.29. The Hall–Kier alpha value is -0.945. The molecule has 2 rings (SSSR count). The zero-order valence-electron chi connectivity index (χ0n) is 6.42. The van der Waals surface area contributed by atoms with Crippen molar-refractivity contribution >= 4 is 35.7 Å². The van der Waals surface area contributed by atoms with Crippen LogP contribution in [0.15, 0.2) is 36.4 Å². The Morgan fingerprint density at radius 1 is 0.917 bits per heavy atom. The predicted molar refractivity (Wildman–Crippen MR) is 54.3 cm³/mol. The molecule has 2 heteroatoms. The van der Waals surface area contributed by atoms with Gasteiger partial charge in [0.25, 0.3) is 0 Å². The number of halogens is 1. The van der Waals surface area contributed by atoms with Gasteiger partial charge in [-0.15, -0.1) is 0 Å². The zero-order valence-corrected chi connectivity index (χ0v) is 7.18. The second-order valence-corrected chi connectivity index (χ2v) is 3.09. The van der Waals surface area contributed by atoms with E-state index in [1.54, 1.807) is 0 Å². The van der Waals surface area contributed by atoms with Gasteiger partial charge in [0, 0.05) is 5.02 Å². The topological polar surface area (TPSA) is 0 Å². The van der Waals surface area contributed by atoms with E-state index in [0.29, 0.717) is 0 Å². The Morgan fingerprint density at radius 3 is 2.25 bits per heavy atom. The molecular formula is C10H6BCl. The maximum absolute atomic E-state index is 5.97. The molecule has 0 amide bonds. The molecule has 0 saturated heterocycles. The lowest BCUT2D eigenvalue weighted by Crippen LogP contribution is -2.02. The van der Waals surface area contributed by atoms with Gasteiger partial charge < -0.3 is 0 Å². The standard InChI is InChI=1S/C10H6BCl/c11-9-5-6-10(12)8-4-2-1-3-7(8)9/h1-6H. The minimum atomic E-state index is 0.750. The highest BCUT2D eigenvalue weighted by atomic mass is 35.5. The molecule has 0 N–H and O–H groups in total. The van der Waals surface area contributed by atoms with Crippen molar-refractivity contribution in [2.45, 2.75) is 0 Å². The van der Waals surface area contributed by atoms with Crippen LogP contribution in [0.2, 0.25) is 5.02 Å². The summed E-state index contributed by atoms with van der Waals surface area (Å²) >= 11 is 5.97. The highest BCUT2D eigenvalue weighted by Gasteiger charge is 1.98. The van der Waals surface area contributed by atoms with Gasteiger partial charge in [-0.25, -0.2) is 0 Å². The van der Waals surface area contributed by atoms with Gasteiger partial charge in [-0.1, -0.05) is 47.4 Å². The number of fused-ring (bicyclic) bond motifs is 1. The zero-order chi connectivity index (χ0) is 8.55. The van der Waals surface area contributed by atoms with Crippen molar-refractivity contribution in [3.05, 3.63) is 41.4 Å². The normalized spacial score (nSPS) is 10.4. The molecule has 0 aromatic heterocycles. The van der Waals surface area contributed by atoms with E-state index in [9.17, 15) is 0 Å². The van der Waals surface area contributed by atoms with E-state index < -0.39 is 0 Å². The number of benzene rings is 2. The van der Waals surface area contributed by atoms with Crippen LogP contribution in [0, 0.1) is 0 Å². The monoisotopic (exact) mass is 172 g/mol. The van der Waals surface area contributed by atoms with Crippen molar-refractivity contribution in [1.29, 1.82) is 0 Å². The van der Waals surface area contributed by atoms with Gasteiger partial charge in [-0.05, 0) is 16.8 Å². The summed E-state index contributed by atoms with van der Waals surface area (Å²) in [4.78, 5) is 0. The summed E-state index contributed by atoms with van der Waals surface area (Å²) < 4.78 is 0. The number of rotatable bonds is 0. The van der Waals surface area contributed by atoms with E-state index in [2.05, 4.69) is 0 Å². The first-order valence-corrected chi connectivity index (χ1v) is 4.09. The third-order valence-corrected chi connectivity index (χ3v) is 2.23. The van der Waals surface area contributed by atoms with Crippen LogP contribution in [0.1, 0.15) is 0 Å². The Labute approximate surface area is 77.6 Å². The highest BCUT2D eigenvalue weighted by molar-refractivity contribution is 6.42. The van der Waals surface area contributed by atoms with Gasteiger partial charge in [0.2, 0.25) is 0 Å². The molecule has 0 nitrogen and oxygen atoms in total. The lowest BCUT2D eigenvalue weighted by Gasteiger charge is -2.02. The van der Waals surface area contributed by atoms with Gasteiger partial charge >= 0.3 is 0 Å². The Bertz CT molecular complexity index is 383. The van der Waals surface area contributed by atoms with Crippen LogP contribution in [0.3, 0.4) is 0 Å². The minimum absolute atomic E-state index is 0.750. The largest absolute Gasteiger partial charge is 0.114 e. The third kappa shape index (κ3) is 1.11. The first kappa shape index (κ1) is 7.69. The van der Waals surface area contributed by atoms with Crippen molar-refractivity contribution in [2.75, 3.05) is 0 Å². The first-order valence-electron chi connectivity index (χ1n) is 3.72. The quantitative estimate of drug-likeness (QED) is 0.535. The van der Waals surface area contributed by atoms with Gasteiger partial charge in [0.05, 0.1) is 0 Å². The molecule has 0 heterocycles. The van der Waals surface area contributed by atoms with E-state index >= 15 is 0 Å². The van der Waals surface area contributed by atoms with E-state index in [0.717, 1.165) is 21.3 Å². The summed E-state index contributed by atoms with van der Waals surface area (Å²) in [6.45, 7) is 0. The summed E-state index contributed by atoms with van der Waals surface area (Å²) in [5, 5.41) is 2.78. The molecule has 2 aromatic rings. The fraction of sp³-hybridized carbons (Fsp3) is 0. The second kappa shape index (κ2) is 2.83. The SMILES string of the molecule is [B]c1ccc(Cl)c2ccccc12. The lowest BCUT2D eigenvalue weighted by molar-refractivity contribution is 1.78. The molecule has 2 radical (unpaired) electrons. The molecule has 0 aliphatic carbocycles. The van der Waals surface area contributed by atoms with Crippen molar-refractivity contribution in [3.8, 4) is 0 Å². The summed E-state index contributed by atoms with van der Waals surface area (Å²) in [7, 11) is 5.77. The summed E-state index contributed by atoms with van der Waals surface area (Å²) in [6, 6.07) is 11.5. The number of hydrogen-bond donors (Lipinski definition) is 0. The molecule has 0 aliphatic heterocycles. The molecule has 0 aliphatic rings. The van der Waals surface area contributed by atoms with Crippen molar-refractivity contribution in [2.24, 2.45) is 0 Å². The van der Waals surface area contributed by atoms with Gasteiger partial charge in [0.1, 0.15) is 7.85 Å². The number of hydrogen-bond acceptors (Lipinski definition) is 0. The van der Waals surface area contributed by atoms with E-state index in [1.165, 1.54) is 0 Å². The lowest BCUT2D eigenvalue weighted by atomic mass is 9.90. The van der Waals surface area contributed by atoms with Crippen molar-refractivity contribution in [3.63, 3.8) is 0 Å². The Balaban J connectivity index is 2.95. The molecule has 0 fully saturated rings. The van der Waals surface area contributed by atoms with Crippen LogP contribution < -0.4 is 5.46 Å². The maximum atomic E-state index is 5.97. The van der Waals surface area contributed by atoms with Crippen LogP contribution in [-0.4, -0.2) is 7.85 Å². The molecule has 0 saturated carbocycles. The average Bonchev–Trinajstić information content (AvgIpc) is 2.12. The Kier molecular flexibility index (Phi) is 1.82. The van der Waals surface area contributed by atoms with Gasteiger partial charge in [0.15, 0.2) is 0 Å². The molecule has 2 aromatic carbocycles. The third-order valence-electron chi connectivity index (χ3n) is 1.90. The van der Waals surface area contributed by atoms with Gasteiger partial charge in [-0.2, -0.15) is 0 Å². The summed E-state index contributed by atoms with van der Waals surface area (Å²) in [5.41, 5.74) is 0.773. The van der Waals surface area contributed by atoms with Crippen LogP contribution in [-0.2, 0) is 0 Å². The van der Waals surface area contributed by atoms with Crippen LogP contribution in [0.5, 0.6) is 0 Å².